The molecule has 1 amide bonds. The second kappa shape index (κ2) is 8.68. The first-order valence-corrected chi connectivity index (χ1v) is 11.7. The molecule has 0 aliphatic carbocycles. The van der Waals surface area contributed by atoms with Gasteiger partial charge in [-0.1, -0.05) is 63.2 Å². The van der Waals surface area contributed by atoms with E-state index in [1.54, 1.807) is 19.2 Å². The van der Waals surface area contributed by atoms with Gasteiger partial charge in [0.2, 0.25) is 5.95 Å². The van der Waals surface area contributed by atoms with Crippen LogP contribution in [0.15, 0.2) is 78.4 Å². The Morgan fingerprint density at radius 3 is 2.36 bits per heavy atom. The Hall–Kier alpha value is -4.39. The fraction of sp³-hybridized carbons (Fsp3) is 0.207. The van der Waals surface area contributed by atoms with Crippen LogP contribution in [-0.4, -0.2) is 33.9 Å². The largest absolute Gasteiger partial charge is 0.507 e. The topological polar surface area (TPSA) is 95.5 Å². The summed E-state index contributed by atoms with van der Waals surface area (Å²) in [7, 11) is 1.60. The van der Waals surface area contributed by atoms with Crippen molar-refractivity contribution >= 4 is 34.4 Å². The van der Waals surface area contributed by atoms with Crippen LogP contribution in [0.3, 0.4) is 0 Å². The van der Waals surface area contributed by atoms with E-state index in [1.165, 1.54) is 4.90 Å². The van der Waals surface area contributed by atoms with Crippen LogP contribution in [0.25, 0.3) is 16.8 Å². The predicted octanol–water partition coefficient (Wildman–Crippen LogP) is 5.50. The van der Waals surface area contributed by atoms with Crippen molar-refractivity contribution in [1.29, 1.82) is 0 Å². The number of nitrogens with zero attached hydrogens (tertiary/aromatic N) is 2. The number of fused-ring (bicyclic) bond motifs is 1. The number of hydrogen-bond acceptors (Lipinski definition) is 5. The van der Waals surface area contributed by atoms with Gasteiger partial charge in [0.25, 0.3) is 5.78 Å². The van der Waals surface area contributed by atoms with E-state index in [0.29, 0.717) is 22.4 Å². The van der Waals surface area contributed by atoms with E-state index in [-0.39, 0.29) is 22.7 Å². The van der Waals surface area contributed by atoms with E-state index >= 15 is 0 Å². The average Bonchev–Trinajstić information content (AvgIpc) is 3.41. The number of aromatic nitrogens is 2. The number of aliphatic hydroxyl groups is 1. The summed E-state index contributed by atoms with van der Waals surface area (Å²) >= 11 is 0. The number of ether oxygens (including phenoxy) is 1. The number of nitrogens with one attached hydrogen (secondary N) is 1. The standard InChI is InChI=1S/C29H27N3O4/c1-29(2,3)19-16-18(14-15-22(19)36-4)25(33)23-24(17-10-6-5-7-11-17)32(27(35)26(23)34)28-30-20-12-8-9-13-21(20)31-28/h5-16,24,33H,1-4H3,(H,30,31)/b25-23+. The quantitative estimate of drug-likeness (QED) is 0.228. The maximum absolute atomic E-state index is 13.4. The molecule has 1 fully saturated rings. The van der Waals surface area contributed by atoms with Crippen molar-refractivity contribution in [2.24, 2.45) is 0 Å². The molecule has 7 heteroatoms. The van der Waals surface area contributed by atoms with Gasteiger partial charge in [0.05, 0.1) is 29.8 Å². The second-order valence-corrected chi connectivity index (χ2v) is 9.82. The zero-order valence-corrected chi connectivity index (χ0v) is 20.6. The lowest BCUT2D eigenvalue weighted by molar-refractivity contribution is -0.132. The Morgan fingerprint density at radius 2 is 1.69 bits per heavy atom. The van der Waals surface area contributed by atoms with Gasteiger partial charge in [-0.25, -0.2) is 4.98 Å². The maximum Gasteiger partial charge on any atom is 0.302 e. The van der Waals surface area contributed by atoms with E-state index in [9.17, 15) is 14.7 Å². The molecule has 1 unspecified atom stereocenters. The minimum absolute atomic E-state index is 0.0108. The fourth-order valence-electron chi connectivity index (χ4n) is 4.65. The molecule has 1 aliphatic rings. The van der Waals surface area contributed by atoms with Crippen molar-refractivity contribution in [3.63, 3.8) is 0 Å². The van der Waals surface area contributed by atoms with Crippen molar-refractivity contribution in [1.82, 2.24) is 9.97 Å². The summed E-state index contributed by atoms with van der Waals surface area (Å²) in [6.45, 7) is 6.12. The first-order chi connectivity index (χ1) is 17.2. The number of Topliss-reactive ketones (excluding diaryl/α,β-unsaturated/α-hetero) is 1. The summed E-state index contributed by atoms with van der Waals surface area (Å²) < 4.78 is 5.53. The Labute approximate surface area is 209 Å². The number of imidazole rings is 1. The molecule has 0 radical (unpaired) electrons. The van der Waals surface area contributed by atoms with Crippen LogP contribution in [0.4, 0.5) is 5.95 Å². The van der Waals surface area contributed by atoms with Gasteiger partial charge in [0.15, 0.2) is 0 Å². The molecule has 36 heavy (non-hydrogen) atoms. The number of amides is 1. The highest BCUT2D eigenvalue weighted by molar-refractivity contribution is 6.51. The minimum atomic E-state index is -0.855. The molecular formula is C29H27N3O4. The van der Waals surface area contributed by atoms with Gasteiger partial charge in [-0.2, -0.15) is 0 Å². The normalized spacial score (nSPS) is 17.7. The molecule has 7 nitrogen and oxygen atoms in total. The summed E-state index contributed by atoms with van der Waals surface area (Å²) in [6.07, 6.45) is 0. The smallest absolute Gasteiger partial charge is 0.302 e. The average molecular weight is 482 g/mol. The number of carbonyl (C=O) groups is 2. The van der Waals surface area contributed by atoms with Crippen molar-refractivity contribution in [3.05, 3.63) is 95.1 Å². The number of hydrogen-bond donors (Lipinski definition) is 2. The van der Waals surface area contributed by atoms with E-state index < -0.39 is 17.7 Å². The van der Waals surface area contributed by atoms with E-state index in [4.69, 9.17) is 4.74 Å². The summed E-state index contributed by atoms with van der Waals surface area (Å²) in [6, 6.07) is 21.0. The Kier molecular flexibility index (Phi) is 5.63. The lowest BCUT2D eigenvalue weighted by Gasteiger charge is -2.24. The Morgan fingerprint density at radius 1 is 1.00 bits per heavy atom. The Bertz CT molecular complexity index is 1480. The van der Waals surface area contributed by atoms with Crippen LogP contribution in [0.2, 0.25) is 0 Å². The minimum Gasteiger partial charge on any atom is -0.507 e. The summed E-state index contributed by atoms with van der Waals surface area (Å²) in [4.78, 5) is 35.9. The predicted molar refractivity (Wildman–Crippen MR) is 139 cm³/mol. The van der Waals surface area contributed by atoms with Crippen LogP contribution in [-0.2, 0) is 15.0 Å². The van der Waals surface area contributed by atoms with Gasteiger partial charge in [0, 0.05) is 11.1 Å². The highest BCUT2D eigenvalue weighted by Gasteiger charge is 2.48. The fourth-order valence-corrected chi connectivity index (χ4v) is 4.65. The molecule has 4 aromatic rings. The van der Waals surface area contributed by atoms with E-state index in [2.05, 4.69) is 9.97 Å². The molecule has 1 aliphatic heterocycles. The molecule has 2 heterocycles. The van der Waals surface area contributed by atoms with Crippen LogP contribution in [0, 0.1) is 0 Å². The number of anilines is 1. The van der Waals surface area contributed by atoms with E-state index in [1.807, 2.05) is 81.4 Å². The molecule has 1 aromatic heterocycles. The monoisotopic (exact) mass is 481 g/mol. The molecule has 5 rings (SSSR count). The van der Waals surface area contributed by atoms with Gasteiger partial charge in [-0.15, -0.1) is 0 Å². The maximum atomic E-state index is 13.4. The number of para-hydroxylation sites is 2. The number of benzene rings is 3. The molecular weight excluding hydrogens is 454 g/mol. The van der Waals surface area contributed by atoms with E-state index in [0.717, 1.165) is 11.1 Å². The number of rotatable bonds is 4. The van der Waals surface area contributed by atoms with Gasteiger partial charge >= 0.3 is 5.91 Å². The summed E-state index contributed by atoms with van der Waals surface area (Å²) in [5.41, 5.74) is 3.14. The molecule has 3 aromatic carbocycles. The third-order valence-electron chi connectivity index (χ3n) is 6.45. The number of ketones is 1. The first kappa shape index (κ1) is 23.4. The number of methoxy groups -OCH3 is 1. The van der Waals surface area contributed by atoms with Crippen LogP contribution in [0.1, 0.15) is 43.5 Å². The van der Waals surface area contributed by atoms with Crippen molar-refractivity contribution < 1.29 is 19.4 Å². The zero-order chi connectivity index (χ0) is 25.6. The van der Waals surface area contributed by atoms with Crippen molar-refractivity contribution in [2.45, 2.75) is 32.2 Å². The number of H-pyrrole nitrogens is 1. The zero-order valence-electron chi connectivity index (χ0n) is 20.6. The third kappa shape index (κ3) is 3.82. The third-order valence-corrected chi connectivity index (χ3v) is 6.45. The molecule has 2 N–H and O–H groups in total. The molecule has 182 valence electrons. The van der Waals surface area contributed by atoms with Gasteiger partial charge < -0.3 is 14.8 Å². The first-order valence-electron chi connectivity index (χ1n) is 11.7. The molecule has 1 atom stereocenters. The summed E-state index contributed by atoms with van der Waals surface area (Å²) in [5, 5.41) is 11.5. The van der Waals surface area contributed by atoms with Gasteiger partial charge in [0.1, 0.15) is 11.5 Å². The van der Waals surface area contributed by atoms with Crippen molar-refractivity contribution in [3.8, 4) is 5.75 Å². The number of aliphatic hydroxyl groups excluding tert-OH is 1. The highest BCUT2D eigenvalue weighted by Crippen LogP contribution is 2.42. The lowest BCUT2D eigenvalue weighted by atomic mass is 9.84. The molecule has 0 saturated carbocycles. The van der Waals surface area contributed by atoms with Crippen LogP contribution >= 0.6 is 0 Å². The summed E-state index contributed by atoms with van der Waals surface area (Å²) in [5.74, 6) is -0.837. The number of carbonyl (C=O) groups excluding carboxylic acids is 2. The lowest BCUT2D eigenvalue weighted by Crippen LogP contribution is -2.30. The second-order valence-electron chi connectivity index (χ2n) is 9.82. The van der Waals surface area contributed by atoms with Crippen LogP contribution in [0.5, 0.6) is 5.75 Å². The van der Waals surface area contributed by atoms with Crippen LogP contribution < -0.4 is 9.64 Å². The van der Waals surface area contributed by atoms with Gasteiger partial charge in [-0.05, 0) is 41.3 Å². The Balaban J connectivity index is 1.72. The highest BCUT2D eigenvalue weighted by atomic mass is 16.5. The van der Waals surface area contributed by atoms with Gasteiger partial charge in [-0.3, -0.25) is 14.5 Å². The number of aromatic amines is 1. The molecule has 1 saturated heterocycles. The molecule has 0 spiro atoms. The molecule has 0 bridgehead atoms. The SMILES string of the molecule is COc1ccc(/C(O)=C2\C(=O)C(=O)N(c3nc4ccccc4[nH]3)C2c2ccccc2)cc1C(C)(C)C. The van der Waals surface area contributed by atoms with Crippen molar-refractivity contribution in [2.75, 3.05) is 12.0 Å².